The van der Waals surface area contributed by atoms with Crippen molar-refractivity contribution in [2.24, 2.45) is 0 Å². The van der Waals surface area contributed by atoms with Crippen molar-refractivity contribution in [1.29, 1.82) is 0 Å². The number of benzene rings is 1. The Morgan fingerprint density at radius 2 is 2.12 bits per heavy atom. The van der Waals surface area contributed by atoms with Gasteiger partial charge in [0.1, 0.15) is 4.32 Å². The average Bonchev–Trinajstić information content (AvgIpc) is 3.20. The minimum Gasteiger partial charge on any atom is -0.385 e. The summed E-state index contributed by atoms with van der Waals surface area (Å²) < 4.78 is 7.57. The molecule has 0 spiro atoms. The number of carbonyl (C=O) groups is 1. The molecule has 2 heterocycles. The van der Waals surface area contributed by atoms with Crippen LogP contribution in [-0.2, 0) is 9.53 Å². The van der Waals surface area contributed by atoms with Gasteiger partial charge >= 0.3 is 0 Å². The van der Waals surface area contributed by atoms with Crippen molar-refractivity contribution >= 4 is 40.3 Å². The average molecular weight is 359 g/mol. The summed E-state index contributed by atoms with van der Waals surface area (Å²) in [7, 11) is 1.65. The number of aromatic nitrogens is 2. The third kappa shape index (κ3) is 3.75. The molecule has 0 unspecified atom stereocenters. The van der Waals surface area contributed by atoms with E-state index < -0.39 is 0 Å². The topological polar surface area (TPSA) is 47.4 Å². The molecule has 1 saturated heterocycles. The quantitative estimate of drug-likeness (QED) is 0.451. The maximum absolute atomic E-state index is 12.5. The van der Waals surface area contributed by atoms with Crippen LogP contribution in [0.5, 0.6) is 0 Å². The highest BCUT2D eigenvalue weighted by Gasteiger charge is 2.31. The first-order valence-corrected chi connectivity index (χ1v) is 8.74. The van der Waals surface area contributed by atoms with Gasteiger partial charge in [-0.25, -0.2) is 4.98 Å². The first-order chi connectivity index (χ1) is 11.7. The maximum Gasteiger partial charge on any atom is 0.266 e. The number of thiocarbonyl (C=S) groups is 1. The van der Waals surface area contributed by atoms with E-state index in [0.717, 1.165) is 17.7 Å². The van der Waals surface area contributed by atoms with Gasteiger partial charge < -0.3 is 9.30 Å². The third-order valence-electron chi connectivity index (χ3n) is 3.60. The smallest absolute Gasteiger partial charge is 0.266 e. The maximum atomic E-state index is 12.5. The van der Waals surface area contributed by atoms with Crippen LogP contribution in [0.25, 0.3) is 11.8 Å². The Balaban J connectivity index is 1.72. The first-order valence-electron chi connectivity index (χ1n) is 7.52. The Hall–Kier alpha value is -1.96. The number of rotatable bonds is 6. The molecule has 1 aliphatic heterocycles. The molecule has 3 rings (SSSR count). The van der Waals surface area contributed by atoms with Gasteiger partial charge in [0.25, 0.3) is 5.91 Å². The Morgan fingerprint density at radius 3 is 2.79 bits per heavy atom. The molecule has 1 aromatic heterocycles. The van der Waals surface area contributed by atoms with E-state index in [4.69, 9.17) is 17.0 Å². The van der Waals surface area contributed by atoms with Crippen molar-refractivity contribution in [2.75, 3.05) is 20.3 Å². The summed E-state index contributed by atoms with van der Waals surface area (Å²) in [5.41, 5.74) is 1.99. The monoisotopic (exact) mass is 359 g/mol. The fraction of sp³-hybridized carbons (Fsp3) is 0.235. The summed E-state index contributed by atoms with van der Waals surface area (Å²) in [6.07, 6.45) is 8.03. The molecule has 1 amide bonds. The fourth-order valence-corrected chi connectivity index (χ4v) is 3.67. The molecule has 24 heavy (non-hydrogen) atoms. The number of carbonyl (C=O) groups excluding carboxylic acids is 1. The summed E-state index contributed by atoms with van der Waals surface area (Å²) >= 11 is 6.66. The van der Waals surface area contributed by atoms with E-state index >= 15 is 0 Å². The van der Waals surface area contributed by atoms with Gasteiger partial charge in [0.15, 0.2) is 0 Å². The van der Waals surface area contributed by atoms with E-state index in [0.29, 0.717) is 22.4 Å². The van der Waals surface area contributed by atoms with E-state index in [2.05, 4.69) is 4.98 Å². The van der Waals surface area contributed by atoms with Gasteiger partial charge in [0.2, 0.25) is 0 Å². The number of methoxy groups -OCH3 is 1. The zero-order chi connectivity index (χ0) is 16.9. The van der Waals surface area contributed by atoms with Crippen LogP contribution in [0.2, 0.25) is 0 Å². The van der Waals surface area contributed by atoms with Gasteiger partial charge in [-0.2, -0.15) is 0 Å². The minimum absolute atomic E-state index is 0.0280. The first kappa shape index (κ1) is 16.9. The van der Waals surface area contributed by atoms with Gasteiger partial charge in [0, 0.05) is 38.3 Å². The molecule has 0 aliphatic carbocycles. The van der Waals surface area contributed by atoms with E-state index in [1.807, 2.05) is 41.1 Å². The highest BCUT2D eigenvalue weighted by Crippen LogP contribution is 2.32. The van der Waals surface area contributed by atoms with Crippen LogP contribution in [0.3, 0.4) is 0 Å². The number of nitrogens with zero attached hydrogens (tertiary/aromatic N) is 3. The molecule has 5 nitrogen and oxygen atoms in total. The molecule has 1 aromatic carbocycles. The second-order valence-corrected chi connectivity index (χ2v) is 6.92. The second kappa shape index (κ2) is 7.74. The van der Waals surface area contributed by atoms with Gasteiger partial charge in [-0.3, -0.25) is 9.69 Å². The molecule has 0 radical (unpaired) electrons. The molecule has 124 valence electrons. The molecule has 7 heteroatoms. The second-order valence-electron chi connectivity index (χ2n) is 5.24. The zero-order valence-corrected chi connectivity index (χ0v) is 14.8. The van der Waals surface area contributed by atoms with Gasteiger partial charge in [-0.05, 0) is 30.2 Å². The van der Waals surface area contributed by atoms with Crippen LogP contribution in [0.1, 0.15) is 12.0 Å². The number of amides is 1. The molecule has 2 aromatic rings. The Labute approximate surface area is 150 Å². The third-order valence-corrected chi connectivity index (χ3v) is 4.97. The number of imidazole rings is 1. The zero-order valence-electron chi connectivity index (χ0n) is 13.2. The highest BCUT2D eigenvalue weighted by atomic mass is 32.2. The van der Waals surface area contributed by atoms with E-state index in [9.17, 15) is 4.79 Å². The largest absolute Gasteiger partial charge is 0.385 e. The van der Waals surface area contributed by atoms with Crippen LogP contribution in [0.15, 0.2) is 47.9 Å². The van der Waals surface area contributed by atoms with Crippen LogP contribution in [0.4, 0.5) is 0 Å². The molecular weight excluding hydrogens is 342 g/mol. The SMILES string of the molecule is COCCCN1C(=O)/C(=C\c2ccc(-n3ccnc3)cc2)SC1=S. The summed E-state index contributed by atoms with van der Waals surface area (Å²) in [5, 5.41) is 0. The summed E-state index contributed by atoms with van der Waals surface area (Å²) in [5.74, 6) is -0.0280. The lowest BCUT2D eigenvalue weighted by Gasteiger charge is -2.13. The van der Waals surface area contributed by atoms with Crippen LogP contribution >= 0.6 is 24.0 Å². The van der Waals surface area contributed by atoms with E-state index in [1.54, 1.807) is 24.5 Å². The lowest BCUT2D eigenvalue weighted by Crippen LogP contribution is -2.29. The van der Waals surface area contributed by atoms with E-state index in [1.165, 1.54) is 11.8 Å². The Morgan fingerprint density at radius 1 is 1.33 bits per heavy atom. The lowest BCUT2D eigenvalue weighted by atomic mass is 10.2. The number of ether oxygens (including phenoxy) is 1. The predicted octanol–water partition coefficient (Wildman–Crippen LogP) is 3.11. The van der Waals surface area contributed by atoms with Crippen LogP contribution in [-0.4, -0.2) is 44.9 Å². The minimum atomic E-state index is -0.0280. The van der Waals surface area contributed by atoms with Crippen molar-refractivity contribution in [2.45, 2.75) is 6.42 Å². The van der Waals surface area contributed by atoms with Crippen molar-refractivity contribution in [3.8, 4) is 5.69 Å². The normalized spacial score (nSPS) is 16.4. The summed E-state index contributed by atoms with van der Waals surface area (Å²) in [4.78, 5) is 18.8. The van der Waals surface area contributed by atoms with Crippen molar-refractivity contribution in [3.63, 3.8) is 0 Å². The molecule has 0 N–H and O–H groups in total. The van der Waals surface area contributed by atoms with Gasteiger partial charge in [-0.1, -0.05) is 36.1 Å². The standard InChI is InChI=1S/C17H17N3O2S2/c1-22-10-2-8-20-16(21)15(24-17(20)23)11-13-3-5-14(6-4-13)19-9-7-18-12-19/h3-7,9,11-12H,2,8,10H2,1H3/b15-11+. The van der Waals surface area contributed by atoms with Crippen molar-refractivity contribution < 1.29 is 9.53 Å². The van der Waals surface area contributed by atoms with Crippen LogP contribution in [0, 0.1) is 0 Å². The van der Waals surface area contributed by atoms with Crippen LogP contribution < -0.4 is 0 Å². The number of hydrogen-bond donors (Lipinski definition) is 0. The lowest BCUT2D eigenvalue weighted by molar-refractivity contribution is -0.122. The molecule has 0 saturated carbocycles. The summed E-state index contributed by atoms with van der Waals surface area (Å²) in [6, 6.07) is 7.94. The van der Waals surface area contributed by atoms with Crippen molar-refractivity contribution in [1.82, 2.24) is 14.5 Å². The molecule has 1 fully saturated rings. The molecule has 0 bridgehead atoms. The molecular formula is C17H17N3O2S2. The Bertz CT molecular complexity index is 755. The van der Waals surface area contributed by atoms with E-state index in [-0.39, 0.29) is 5.91 Å². The van der Waals surface area contributed by atoms with Gasteiger partial charge in [-0.15, -0.1) is 0 Å². The van der Waals surface area contributed by atoms with Gasteiger partial charge in [0.05, 0.1) is 11.2 Å². The Kier molecular flexibility index (Phi) is 5.44. The number of hydrogen-bond acceptors (Lipinski definition) is 5. The highest BCUT2D eigenvalue weighted by molar-refractivity contribution is 8.26. The predicted molar refractivity (Wildman–Crippen MR) is 99.9 cm³/mol. The number of thioether (sulfide) groups is 1. The molecule has 1 aliphatic rings. The summed E-state index contributed by atoms with van der Waals surface area (Å²) in [6.45, 7) is 1.21. The van der Waals surface area contributed by atoms with Crippen molar-refractivity contribution in [3.05, 3.63) is 53.5 Å². The fourth-order valence-electron chi connectivity index (χ4n) is 2.37. The molecule has 0 atom stereocenters.